The highest BCUT2D eigenvalue weighted by Crippen LogP contribution is 2.19. The predicted octanol–water partition coefficient (Wildman–Crippen LogP) is 2.31. The Bertz CT molecular complexity index is 621. The van der Waals surface area contributed by atoms with E-state index in [0.29, 0.717) is 0 Å². The second-order valence-corrected chi connectivity index (χ2v) is 8.18. The number of guanidine groups is 1. The molecule has 2 heterocycles. The van der Waals surface area contributed by atoms with Crippen molar-refractivity contribution in [2.24, 2.45) is 10.9 Å². The van der Waals surface area contributed by atoms with Crippen molar-refractivity contribution in [1.82, 2.24) is 20.4 Å². The number of morpholine rings is 1. The largest absolute Gasteiger partial charge is 0.379 e. The number of hydrogen-bond acceptors (Lipinski definition) is 4. The first kappa shape index (κ1) is 22.1. The maximum Gasteiger partial charge on any atom is 0.191 e. The molecule has 2 saturated heterocycles. The summed E-state index contributed by atoms with van der Waals surface area (Å²) in [6, 6.07) is 8.72. The number of piperidine rings is 1. The average Bonchev–Trinajstić information content (AvgIpc) is 2.78. The number of benzene rings is 1. The Morgan fingerprint density at radius 1 is 1.03 bits per heavy atom. The summed E-state index contributed by atoms with van der Waals surface area (Å²) in [7, 11) is 1.86. The van der Waals surface area contributed by atoms with Crippen molar-refractivity contribution >= 4 is 5.96 Å². The molecule has 29 heavy (non-hydrogen) atoms. The van der Waals surface area contributed by atoms with Gasteiger partial charge in [0.2, 0.25) is 0 Å². The lowest BCUT2D eigenvalue weighted by molar-refractivity contribution is 0.0341. The van der Waals surface area contributed by atoms with E-state index in [9.17, 15) is 0 Å². The van der Waals surface area contributed by atoms with Crippen LogP contribution in [0.3, 0.4) is 0 Å². The lowest BCUT2D eigenvalue weighted by Gasteiger charge is -2.31. The van der Waals surface area contributed by atoms with Crippen LogP contribution in [0.1, 0.15) is 37.3 Å². The van der Waals surface area contributed by atoms with Crippen LogP contribution < -0.4 is 10.6 Å². The van der Waals surface area contributed by atoms with Gasteiger partial charge in [-0.15, -0.1) is 0 Å². The van der Waals surface area contributed by atoms with E-state index in [1.54, 1.807) is 0 Å². The fraction of sp³-hybridized carbons (Fsp3) is 0.696. The highest BCUT2D eigenvalue weighted by Gasteiger charge is 2.17. The smallest absolute Gasteiger partial charge is 0.191 e. The summed E-state index contributed by atoms with van der Waals surface area (Å²) >= 11 is 0. The van der Waals surface area contributed by atoms with Gasteiger partial charge >= 0.3 is 0 Å². The molecule has 3 rings (SSSR count). The first-order valence-corrected chi connectivity index (χ1v) is 11.3. The van der Waals surface area contributed by atoms with Gasteiger partial charge in [-0.1, -0.05) is 31.2 Å². The predicted molar refractivity (Wildman–Crippen MR) is 120 cm³/mol. The third kappa shape index (κ3) is 7.28. The number of nitrogens with zero attached hydrogens (tertiary/aromatic N) is 3. The van der Waals surface area contributed by atoms with Gasteiger partial charge in [0.1, 0.15) is 0 Å². The lowest BCUT2D eigenvalue weighted by Crippen LogP contribution is -2.39. The van der Waals surface area contributed by atoms with Crippen molar-refractivity contribution in [3.05, 3.63) is 35.4 Å². The van der Waals surface area contributed by atoms with Crippen LogP contribution in [0.5, 0.6) is 0 Å². The van der Waals surface area contributed by atoms with Crippen LogP contribution in [0, 0.1) is 5.92 Å². The van der Waals surface area contributed by atoms with Crippen LogP contribution in [0.25, 0.3) is 0 Å². The zero-order chi connectivity index (χ0) is 20.3. The zero-order valence-electron chi connectivity index (χ0n) is 18.3. The lowest BCUT2D eigenvalue weighted by atomic mass is 9.93. The molecule has 0 bridgehead atoms. The molecule has 162 valence electrons. The summed E-state index contributed by atoms with van der Waals surface area (Å²) in [4.78, 5) is 9.44. The summed E-state index contributed by atoms with van der Waals surface area (Å²) in [6.45, 7) is 12.5. The van der Waals surface area contributed by atoms with Crippen LogP contribution in [0.2, 0.25) is 0 Å². The van der Waals surface area contributed by atoms with Crippen LogP contribution in [-0.4, -0.2) is 75.3 Å². The fourth-order valence-electron chi connectivity index (χ4n) is 4.27. The Hall–Kier alpha value is -1.63. The Balaban J connectivity index is 1.41. The monoisotopic (exact) mass is 401 g/mol. The van der Waals surface area contributed by atoms with Gasteiger partial charge in [-0.2, -0.15) is 0 Å². The molecule has 2 N–H and O–H groups in total. The average molecular weight is 402 g/mol. The van der Waals surface area contributed by atoms with Crippen LogP contribution in [0.15, 0.2) is 29.3 Å². The van der Waals surface area contributed by atoms with Gasteiger partial charge in [0.25, 0.3) is 0 Å². The fourth-order valence-corrected chi connectivity index (χ4v) is 4.27. The highest BCUT2D eigenvalue weighted by molar-refractivity contribution is 5.79. The van der Waals surface area contributed by atoms with Crippen molar-refractivity contribution in [2.45, 2.75) is 39.3 Å². The molecule has 0 aromatic heterocycles. The van der Waals surface area contributed by atoms with Crippen molar-refractivity contribution in [3.8, 4) is 0 Å². The number of likely N-dealkylation sites (tertiary alicyclic amines) is 1. The quantitative estimate of drug-likeness (QED) is 0.517. The molecule has 6 nitrogen and oxygen atoms in total. The van der Waals surface area contributed by atoms with Crippen molar-refractivity contribution in [2.75, 3.05) is 59.5 Å². The number of ether oxygens (including phenoxy) is 1. The summed E-state index contributed by atoms with van der Waals surface area (Å²) in [5.74, 6) is 1.75. The SMILES string of the molecule is CCN1CCC(CCNC(=NC)NCc2ccccc2CN2CCOCC2)CC1. The van der Waals surface area contributed by atoms with Crippen LogP contribution in [0.4, 0.5) is 0 Å². The van der Waals surface area contributed by atoms with E-state index in [1.165, 1.54) is 50.0 Å². The molecule has 0 aliphatic carbocycles. The standard InChI is InChI=1S/C23H39N5O/c1-3-27-12-9-20(10-13-27)8-11-25-23(24-2)26-18-21-6-4-5-7-22(21)19-28-14-16-29-17-15-28/h4-7,20H,3,8-19H2,1-2H3,(H2,24,25,26). The topological polar surface area (TPSA) is 52.1 Å². The molecule has 1 aromatic rings. The first-order chi connectivity index (χ1) is 14.3. The van der Waals surface area contributed by atoms with Crippen molar-refractivity contribution in [3.63, 3.8) is 0 Å². The van der Waals surface area contributed by atoms with E-state index < -0.39 is 0 Å². The van der Waals surface area contributed by atoms with Gasteiger partial charge < -0.3 is 20.3 Å². The van der Waals surface area contributed by atoms with Crippen molar-refractivity contribution in [1.29, 1.82) is 0 Å². The van der Waals surface area contributed by atoms with E-state index in [4.69, 9.17) is 4.74 Å². The number of nitrogens with one attached hydrogen (secondary N) is 2. The van der Waals surface area contributed by atoms with Gasteiger partial charge in [0.15, 0.2) is 5.96 Å². The van der Waals surface area contributed by atoms with E-state index in [0.717, 1.165) is 57.8 Å². The van der Waals surface area contributed by atoms with E-state index in [2.05, 4.69) is 56.6 Å². The van der Waals surface area contributed by atoms with Gasteiger partial charge in [0, 0.05) is 39.8 Å². The minimum Gasteiger partial charge on any atom is -0.379 e. The molecule has 0 amide bonds. The molecule has 2 aliphatic heterocycles. The van der Waals surface area contributed by atoms with Gasteiger partial charge in [-0.25, -0.2) is 0 Å². The van der Waals surface area contributed by atoms with E-state index >= 15 is 0 Å². The molecular formula is C23H39N5O. The highest BCUT2D eigenvalue weighted by atomic mass is 16.5. The molecule has 2 aliphatic rings. The molecule has 0 spiro atoms. The van der Waals surface area contributed by atoms with Gasteiger partial charge in [-0.05, 0) is 55.9 Å². The molecule has 0 atom stereocenters. The summed E-state index contributed by atoms with van der Waals surface area (Å²) < 4.78 is 5.47. The van der Waals surface area contributed by atoms with Crippen molar-refractivity contribution < 1.29 is 4.74 Å². The summed E-state index contributed by atoms with van der Waals surface area (Å²) in [6.07, 6.45) is 3.89. The maximum absolute atomic E-state index is 5.47. The Morgan fingerprint density at radius 2 is 1.76 bits per heavy atom. The first-order valence-electron chi connectivity index (χ1n) is 11.3. The number of aliphatic imine (C=N–C) groups is 1. The molecule has 0 radical (unpaired) electrons. The van der Waals surface area contributed by atoms with Gasteiger partial charge in [-0.3, -0.25) is 9.89 Å². The summed E-state index contributed by atoms with van der Waals surface area (Å²) in [5.41, 5.74) is 2.73. The van der Waals surface area contributed by atoms with Gasteiger partial charge in [0.05, 0.1) is 13.2 Å². The zero-order valence-corrected chi connectivity index (χ0v) is 18.3. The third-order valence-corrected chi connectivity index (χ3v) is 6.29. The third-order valence-electron chi connectivity index (χ3n) is 6.29. The Kier molecular flexibility index (Phi) is 9.25. The number of hydrogen-bond donors (Lipinski definition) is 2. The maximum atomic E-state index is 5.47. The molecule has 0 unspecified atom stereocenters. The molecular weight excluding hydrogens is 362 g/mol. The van der Waals surface area contributed by atoms with Crippen LogP contribution >= 0.6 is 0 Å². The second-order valence-electron chi connectivity index (χ2n) is 8.18. The Morgan fingerprint density at radius 3 is 2.45 bits per heavy atom. The molecule has 0 saturated carbocycles. The summed E-state index contributed by atoms with van der Waals surface area (Å²) in [5, 5.41) is 7.02. The normalized spacial score (nSPS) is 20.0. The van der Waals surface area contributed by atoms with E-state index in [1.807, 2.05) is 7.05 Å². The molecule has 1 aromatic carbocycles. The Labute approximate surface area is 176 Å². The molecule has 2 fully saturated rings. The minimum atomic E-state index is 0.801. The molecule has 6 heteroatoms. The van der Waals surface area contributed by atoms with E-state index in [-0.39, 0.29) is 0 Å². The number of rotatable bonds is 8. The van der Waals surface area contributed by atoms with Crippen LogP contribution in [-0.2, 0) is 17.8 Å². The minimum absolute atomic E-state index is 0.801. The second kappa shape index (κ2) is 12.2.